The third-order valence-electron chi connectivity index (χ3n) is 2.83. The van der Waals surface area contributed by atoms with Gasteiger partial charge >= 0.3 is 5.97 Å². The van der Waals surface area contributed by atoms with Gasteiger partial charge in [-0.25, -0.2) is 9.18 Å². The van der Waals surface area contributed by atoms with Gasteiger partial charge in [0.2, 0.25) is 0 Å². The molecule has 18 heavy (non-hydrogen) atoms. The fraction of sp³-hybridized carbons (Fsp3) is 0.333. The van der Waals surface area contributed by atoms with Crippen molar-refractivity contribution >= 4 is 23.6 Å². The van der Waals surface area contributed by atoms with Gasteiger partial charge in [-0.05, 0) is 30.7 Å². The number of carboxylic acids is 1. The second-order valence-electron chi connectivity index (χ2n) is 4.09. The van der Waals surface area contributed by atoms with Crippen LogP contribution in [0.25, 0.3) is 0 Å². The van der Waals surface area contributed by atoms with E-state index in [2.05, 4.69) is 0 Å². The molecule has 1 aliphatic heterocycles. The average Bonchev–Trinajstić information content (AvgIpc) is 2.81. The van der Waals surface area contributed by atoms with Crippen LogP contribution in [0.4, 0.5) is 4.39 Å². The molecule has 1 fully saturated rings. The molecule has 1 N–H and O–H groups in total. The number of amides is 1. The van der Waals surface area contributed by atoms with Crippen molar-refractivity contribution in [3.63, 3.8) is 0 Å². The first kappa shape index (κ1) is 12.9. The van der Waals surface area contributed by atoms with Crippen LogP contribution in [0.15, 0.2) is 18.2 Å². The number of thioether (sulfide) groups is 1. The van der Waals surface area contributed by atoms with E-state index in [0.29, 0.717) is 22.8 Å². The minimum absolute atomic E-state index is 0.322. The number of carbonyl (C=O) groups is 2. The molecule has 0 aliphatic carbocycles. The van der Waals surface area contributed by atoms with E-state index in [4.69, 9.17) is 5.11 Å². The minimum atomic E-state index is -1.01. The third kappa shape index (κ3) is 2.33. The fourth-order valence-corrected chi connectivity index (χ4v) is 2.94. The minimum Gasteiger partial charge on any atom is -0.480 e. The Morgan fingerprint density at radius 1 is 1.50 bits per heavy atom. The number of aryl methyl sites for hydroxylation is 1. The second kappa shape index (κ2) is 4.97. The lowest BCUT2D eigenvalue weighted by atomic mass is 10.1. The van der Waals surface area contributed by atoms with E-state index in [0.717, 1.165) is 0 Å². The SMILES string of the molecule is Cc1cc(C(=O)N2CSCC2C(=O)O)ccc1F. The maximum absolute atomic E-state index is 13.1. The summed E-state index contributed by atoms with van der Waals surface area (Å²) in [6.45, 7) is 1.57. The molecule has 1 heterocycles. The number of hydrogen-bond acceptors (Lipinski definition) is 3. The molecule has 1 saturated heterocycles. The molecule has 1 aromatic rings. The zero-order chi connectivity index (χ0) is 13.3. The molecule has 1 unspecified atom stereocenters. The summed E-state index contributed by atoms with van der Waals surface area (Å²) >= 11 is 1.40. The Labute approximate surface area is 108 Å². The van der Waals surface area contributed by atoms with E-state index in [1.807, 2.05) is 0 Å². The van der Waals surface area contributed by atoms with Crippen LogP contribution in [0.5, 0.6) is 0 Å². The number of aliphatic carboxylic acids is 1. The topological polar surface area (TPSA) is 57.6 Å². The molecule has 1 aliphatic rings. The molecular formula is C12H12FNO3S. The summed E-state index contributed by atoms with van der Waals surface area (Å²) in [5.41, 5.74) is 0.697. The van der Waals surface area contributed by atoms with Crippen LogP contribution in [0, 0.1) is 12.7 Å². The molecule has 0 spiro atoms. The first-order valence-electron chi connectivity index (χ1n) is 5.38. The molecule has 0 radical (unpaired) electrons. The highest BCUT2D eigenvalue weighted by Crippen LogP contribution is 2.23. The summed E-state index contributed by atoms with van der Waals surface area (Å²) in [4.78, 5) is 24.5. The van der Waals surface area contributed by atoms with Gasteiger partial charge in [0, 0.05) is 11.3 Å². The zero-order valence-electron chi connectivity index (χ0n) is 9.72. The highest BCUT2D eigenvalue weighted by Gasteiger charge is 2.35. The van der Waals surface area contributed by atoms with Crippen molar-refractivity contribution in [2.24, 2.45) is 0 Å². The molecule has 1 aromatic carbocycles. The Kier molecular flexibility index (Phi) is 3.56. The summed E-state index contributed by atoms with van der Waals surface area (Å²) in [6, 6.07) is 3.25. The highest BCUT2D eigenvalue weighted by molar-refractivity contribution is 7.99. The maximum Gasteiger partial charge on any atom is 0.327 e. The Hall–Kier alpha value is -1.56. The summed E-state index contributed by atoms with van der Waals surface area (Å²) in [5, 5.41) is 9.01. The molecule has 4 nitrogen and oxygen atoms in total. The summed E-state index contributed by atoms with van der Waals surface area (Å²) in [6.07, 6.45) is 0. The van der Waals surface area contributed by atoms with Gasteiger partial charge in [-0.1, -0.05) is 0 Å². The van der Waals surface area contributed by atoms with Gasteiger partial charge in [-0.2, -0.15) is 0 Å². The van der Waals surface area contributed by atoms with Gasteiger partial charge in [-0.3, -0.25) is 4.79 Å². The van der Waals surface area contributed by atoms with Crippen molar-refractivity contribution in [2.75, 3.05) is 11.6 Å². The standard InChI is InChI=1S/C12H12FNO3S/c1-7-4-8(2-3-9(7)13)11(15)14-6-18-5-10(14)12(16)17/h2-4,10H,5-6H2,1H3,(H,16,17). The lowest BCUT2D eigenvalue weighted by molar-refractivity contribution is -0.140. The van der Waals surface area contributed by atoms with E-state index in [-0.39, 0.29) is 11.7 Å². The quantitative estimate of drug-likeness (QED) is 0.888. The number of halogens is 1. The second-order valence-corrected chi connectivity index (χ2v) is 5.09. The monoisotopic (exact) mass is 269 g/mol. The summed E-state index contributed by atoms with van der Waals surface area (Å²) in [5.74, 6) is -1.01. The lowest BCUT2D eigenvalue weighted by Crippen LogP contribution is -2.41. The van der Waals surface area contributed by atoms with Crippen molar-refractivity contribution in [3.05, 3.63) is 35.1 Å². The number of benzene rings is 1. The summed E-state index contributed by atoms with van der Waals surface area (Å²) in [7, 11) is 0. The molecular weight excluding hydrogens is 257 g/mol. The van der Waals surface area contributed by atoms with E-state index < -0.39 is 12.0 Å². The molecule has 2 rings (SSSR count). The molecule has 1 atom stereocenters. The first-order valence-corrected chi connectivity index (χ1v) is 6.54. The fourth-order valence-electron chi connectivity index (χ4n) is 1.79. The summed E-state index contributed by atoms with van der Waals surface area (Å²) < 4.78 is 13.1. The third-order valence-corrected chi connectivity index (χ3v) is 3.85. The predicted octanol–water partition coefficient (Wildman–Crippen LogP) is 1.73. The van der Waals surface area contributed by atoms with Crippen molar-refractivity contribution in [3.8, 4) is 0 Å². The van der Waals surface area contributed by atoms with Crippen molar-refractivity contribution in [1.29, 1.82) is 0 Å². The van der Waals surface area contributed by atoms with Gasteiger partial charge in [0.05, 0.1) is 5.88 Å². The van der Waals surface area contributed by atoms with E-state index in [1.54, 1.807) is 6.92 Å². The molecule has 0 saturated carbocycles. The Morgan fingerprint density at radius 3 is 2.83 bits per heavy atom. The van der Waals surface area contributed by atoms with Gasteiger partial charge in [0.15, 0.2) is 0 Å². The van der Waals surface area contributed by atoms with Crippen LogP contribution in [0.3, 0.4) is 0 Å². The van der Waals surface area contributed by atoms with Crippen LogP contribution in [0.2, 0.25) is 0 Å². The number of carbonyl (C=O) groups excluding carboxylic acids is 1. The smallest absolute Gasteiger partial charge is 0.327 e. The molecule has 0 aromatic heterocycles. The molecule has 0 bridgehead atoms. The normalized spacial score (nSPS) is 19.0. The molecule has 1 amide bonds. The van der Waals surface area contributed by atoms with Gasteiger partial charge in [0.1, 0.15) is 11.9 Å². The Balaban J connectivity index is 2.25. The predicted molar refractivity (Wildman–Crippen MR) is 66.1 cm³/mol. The van der Waals surface area contributed by atoms with E-state index >= 15 is 0 Å². The average molecular weight is 269 g/mol. The van der Waals surface area contributed by atoms with Crippen LogP contribution >= 0.6 is 11.8 Å². The lowest BCUT2D eigenvalue weighted by Gasteiger charge is -2.20. The van der Waals surface area contributed by atoms with Crippen LogP contribution < -0.4 is 0 Å². The zero-order valence-corrected chi connectivity index (χ0v) is 10.5. The number of rotatable bonds is 2. The van der Waals surface area contributed by atoms with E-state index in [9.17, 15) is 14.0 Å². The Morgan fingerprint density at radius 2 is 2.22 bits per heavy atom. The van der Waals surface area contributed by atoms with Gasteiger partial charge in [0.25, 0.3) is 5.91 Å². The maximum atomic E-state index is 13.1. The van der Waals surface area contributed by atoms with Crippen LogP contribution in [-0.2, 0) is 4.79 Å². The Bertz CT molecular complexity index is 506. The van der Waals surface area contributed by atoms with Crippen molar-refractivity contribution < 1.29 is 19.1 Å². The first-order chi connectivity index (χ1) is 8.50. The van der Waals surface area contributed by atoms with Crippen molar-refractivity contribution in [2.45, 2.75) is 13.0 Å². The van der Waals surface area contributed by atoms with Crippen LogP contribution in [-0.4, -0.2) is 39.6 Å². The molecule has 96 valence electrons. The van der Waals surface area contributed by atoms with Crippen LogP contribution in [0.1, 0.15) is 15.9 Å². The number of carboxylic acid groups (broad SMARTS) is 1. The van der Waals surface area contributed by atoms with Gasteiger partial charge in [-0.15, -0.1) is 11.8 Å². The highest BCUT2D eigenvalue weighted by atomic mass is 32.2. The van der Waals surface area contributed by atoms with Gasteiger partial charge < -0.3 is 10.0 Å². The molecule has 6 heteroatoms. The number of nitrogens with zero attached hydrogens (tertiary/aromatic N) is 1. The largest absolute Gasteiger partial charge is 0.480 e. The van der Waals surface area contributed by atoms with E-state index in [1.165, 1.54) is 34.9 Å². The number of hydrogen-bond donors (Lipinski definition) is 1. The van der Waals surface area contributed by atoms with Crippen molar-refractivity contribution in [1.82, 2.24) is 4.90 Å².